The number of carbonyl (C=O) groups excluding carboxylic acids is 1. The average Bonchev–Trinajstić information content (AvgIpc) is 3.01. The first kappa shape index (κ1) is 15.9. The van der Waals surface area contributed by atoms with Gasteiger partial charge in [0, 0.05) is 25.3 Å². The van der Waals surface area contributed by atoms with Crippen molar-refractivity contribution < 1.29 is 14.7 Å². The maximum Gasteiger partial charge on any atom is 0.314 e. The van der Waals surface area contributed by atoms with E-state index < -0.39 is 11.4 Å². The van der Waals surface area contributed by atoms with Crippen LogP contribution >= 0.6 is 11.8 Å². The van der Waals surface area contributed by atoms with Crippen LogP contribution in [0.25, 0.3) is 0 Å². The number of carbonyl (C=O) groups is 2. The van der Waals surface area contributed by atoms with E-state index in [1.807, 2.05) is 17.8 Å². The highest BCUT2D eigenvalue weighted by molar-refractivity contribution is 7.99. The molecule has 1 fully saturated rings. The van der Waals surface area contributed by atoms with Gasteiger partial charge in [0.1, 0.15) is 0 Å². The minimum atomic E-state index is -1.18. The van der Waals surface area contributed by atoms with Gasteiger partial charge in [0.2, 0.25) is 5.91 Å². The molecule has 1 N–H and O–H groups in total. The van der Waals surface area contributed by atoms with Crippen LogP contribution in [0.15, 0.2) is 30.3 Å². The highest BCUT2D eigenvalue weighted by Gasteiger charge is 2.39. The molecular weight excluding hydrogens is 286 g/mol. The summed E-state index contributed by atoms with van der Waals surface area (Å²) in [5.74, 6) is 0.946. The van der Waals surface area contributed by atoms with Crippen molar-refractivity contribution >= 4 is 23.6 Å². The first-order valence-corrected chi connectivity index (χ1v) is 8.23. The summed E-state index contributed by atoms with van der Waals surface area (Å²) in [4.78, 5) is 25.9. The fourth-order valence-corrected chi connectivity index (χ4v) is 3.83. The number of rotatable bonds is 5. The van der Waals surface area contributed by atoms with Crippen LogP contribution in [-0.4, -0.2) is 46.5 Å². The van der Waals surface area contributed by atoms with E-state index in [0.717, 1.165) is 17.9 Å². The largest absolute Gasteiger partial charge is 0.481 e. The van der Waals surface area contributed by atoms with Crippen molar-refractivity contribution in [1.29, 1.82) is 0 Å². The second kappa shape index (κ2) is 6.52. The zero-order valence-electron chi connectivity index (χ0n) is 12.4. The molecule has 0 spiro atoms. The van der Waals surface area contributed by atoms with Crippen LogP contribution in [0.2, 0.25) is 0 Å². The van der Waals surface area contributed by atoms with E-state index >= 15 is 0 Å². The van der Waals surface area contributed by atoms with Crippen molar-refractivity contribution in [2.24, 2.45) is 0 Å². The minimum absolute atomic E-state index is 0.00991. The van der Waals surface area contributed by atoms with Gasteiger partial charge >= 0.3 is 5.97 Å². The summed E-state index contributed by atoms with van der Waals surface area (Å²) in [7, 11) is 1.78. The molecule has 1 amide bonds. The van der Waals surface area contributed by atoms with Crippen LogP contribution in [0.3, 0.4) is 0 Å². The van der Waals surface area contributed by atoms with E-state index in [1.54, 1.807) is 43.1 Å². The minimum Gasteiger partial charge on any atom is -0.481 e. The van der Waals surface area contributed by atoms with E-state index in [1.165, 1.54) is 0 Å². The SMILES string of the molecule is CN(C(=O)CC(C)(C(=O)O)c1ccccc1)C1CCSC1. The molecule has 2 rings (SSSR count). The molecule has 0 aliphatic carbocycles. The van der Waals surface area contributed by atoms with Gasteiger partial charge in [0.05, 0.1) is 5.41 Å². The average molecular weight is 307 g/mol. The van der Waals surface area contributed by atoms with Crippen LogP contribution in [0.5, 0.6) is 0 Å². The normalized spacial score (nSPS) is 20.8. The van der Waals surface area contributed by atoms with E-state index in [2.05, 4.69) is 0 Å². The van der Waals surface area contributed by atoms with Gasteiger partial charge in [-0.15, -0.1) is 0 Å². The van der Waals surface area contributed by atoms with Crippen molar-refractivity contribution in [3.8, 4) is 0 Å². The van der Waals surface area contributed by atoms with Crippen molar-refractivity contribution in [2.75, 3.05) is 18.6 Å². The second-order valence-electron chi connectivity index (χ2n) is 5.70. The van der Waals surface area contributed by atoms with E-state index in [-0.39, 0.29) is 18.4 Å². The van der Waals surface area contributed by atoms with Gasteiger partial charge in [-0.3, -0.25) is 9.59 Å². The lowest BCUT2D eigenvalue weighted by Crippen LogP contribution is -2.43. The molecule has 0 saturated carbocycles. The van der Waals surface area contributed by atoms with E-state index in [9.17, 15) is 14.7 Å². The number of nitrogens with zero attached hydrogens (tertiary/aromatic N) is 1. The molecule has 2 unspecified atom stereocenters. The Morgan fingerprint density at radius 2 is 2.05 bits per heavy atom. The van der Waals surface area contributed by atoms with Crippen molar-refractivity contribution in [1.82, 2.24) is 4.90 Å². The molecule has 5 heteroatoms. The lowest BCUT2D eigenvalue weighted by atomic mass is 9.79. The van der Waals surface area contributed by atoms with Gasteiger partial charge in [-0.2, -0.15) is 11.8 Å². The molecule has 1 aliphatic heterocycles. The van der Waals surface area contributed by atoms with Crippen molar-refractivity contribution in [2.45, 2.75) is 31.2 Å². The van der Waals surface area contributed by atoms with Gasteiger partial charge < -0.3 is 10.0 Å². The fraction of sp³-hybridized carbons (Fsp3) is 0.500. The summed E-state index contributed by atoms with van der Waals surface area (Å²) >= 11 is 1.84. The maximum absolute atomic E-state index is 12.5. The molecule has 0 radical (unpaired) electrons. The summed E-state index contributed by atoms with van der Waals surface area (Å²) in [6.45, 7) is 1.62. The highest BCUT2D eigenvalue weighted by Crippen LogP contribution is 2.30. The Kier molecular flexibility index (Phi) is 4.93. The molecular formula is C16H21NO3S. The van der Waals surface area contributed by atoms with Crippen LogP contribution in [0, 0.1) is 0 Å². The standard InChI is InChI=1S/C16H21NO3S/c1-16(15(19)20,12-6-4-3-5-7-12)10-14(18)17(2)13-8-9-21-11-13/h3-7,13H,8-11H2,1-2H3,(H,19,20). The topological polar surface area (TPSA) is 57.6 Å². The molecule has 2 atom stereocenters. The third-order valence-electron chi connectivity index (χ3n) is 4.23. The van der Waals surface area contributed by atoms with E-state index in [0.29, 0.717) is 5.56 Å². The molecule has 4 nitrogen and oxygen atoms in total. The Bertz CT molecular complexity index is 514. The number of hydrogen-bond acceptors (Lipinski definition) is 3. The first-order chi connectivity index (χ1) is 9.95. The summed E-state index contributed by atoms with van der Waals surface area (Å²) in [6, 6.07) is 9.22. The summed E-state index contributed by atoms with van der Waals surface area (Å²) in [5.41, 5.74) is -0.515. The summed E-state index contributed by atoms with van der Waals surface area (Å²) in [6.07, 6.45) is 0.978. The summed E-state index contributed by atoms with van der Waals surface area (Å²) < 4.78 is 0. The molecule has 1 heterocycles. The molecule has 1 aliphatic rings. The fourth-order valence-electron chi connectivity index (χ4n) is 2.57. The molecule has 0 aromatic heterocycles. The molecule has 0 bridgehead atoms. The van der Waals surface area contributed by atoms with Gasteiger partial charge in [-0.1, -0.05) is 30.3 Å². The summed E-state index contributed by atoms with van der Waals surface area (Å²) in [5, 5.41) is 9.61. The number of carboxylic acids is 1. The number of amides is 1. The number of hydrogen-bond donors (Lipinski definition) is 1. The molecule has 1 saturated heterocycles. The highest BCUT2D eigenvalue weighted by atomic mass is 32.2. The zero-order chi connectivity index (χ0) is 15.5. The number of thioether (sulfide) groups is 1. The molecule has 114 valence electrons. The number of aliphatic carboxylic acids is 1. The lowest BCUT2D eigenvalue weighted by molar-refractivity contribution is -0.147. The van der Waals surface area contributed by atoms with Crippen LogP contribution in [0.1, 0.15) is 25.3 Å². The Morgan fingerprint density at radius 3 is 2.57 bits per heavy atom. The van der Waals surface area contributed by atoms with Crippen molar-refractivity contribution in [3.05, 3.63) is 35.9 Å². The Morgan fingerprint density at radius 1 is 1.38 bits per heavy atom. The molecule has 21 heavy (non-hydrogen) atoms. The zero-order valence-corrected chi connectivity index (χ0v) is 13.2. The van der Waals surface area contributed by atoms with E-state index in [4.69, 9.17) is 0 Å². The quantitative estimate of drug-likeness (QED) is 0.907. The van der Waals surface area contributed by atoms with Crippen LogP contribution in [0.4, 0.5) is 0 Å². The third-order valence-corrected chi connectivity index (χ3v) is 5.38. The van der Waals surface area contributed by atoms with Crippen LogP contribution in [-0.2, 0) is 15.0 Å². The molecule has 1 aromatic carbocycles. The van der Waals surface area contributed by atoms with Gasteiger partial charge in [0.15, 0.2) is 0 Å². The Hall–Kier alpha value is -1.49. The predicted octanol–water partition coefficient (Wildman–Crippen LogP) is 2.38. The Balaban J connectivity index is 2.16. The van der Waals surface area contributed by atoms with Gasteiger partial charge in [-0.25, -0.2) is 0 Å². The third kappa shape index (κ3) is 3.40. The Labute approximate surface area is 129 Å². The smallest absolute Gasteiger partial charge is 0.314 e. The van der Waals surface area contributed by atoms with Crippen molar-refractivity contribution in [3.63, 3.8) is 0 Å². The van der Waals surface area contributed by atoms with Crippen LogP contribution < -0.4 is 0 Å². The first-order valence-electron chi connectivity index (χ1n) is 7.07. The predicted molar refractivity (Wildman–Crippen MR) is 84.5 cm³/mol. The lowest BCUT2D eigenvalue weighted by Gasteiger charge is -2.30. The molecule has 1 aromatic rings. The van der Waals surface area contributed by atoms with Gasteiger partial charge in [-0.05, 0) is 24.7 Å². The monoisotopic (exact) mass is 307 g/mol. The second-order valence-corrected chi connectivity index (χ2v) is 6.85. The number of benzene rings is 1. The maximum atomic E-state index is 12.5. The van der Waals surface area contributed by atoms with Gasteiger partial charge in [0.25, 0.3) is 0 Å². The number of carboxylic acid groups (broad SMARTS) is 1.